The Hall–Kier alpha value is -0.680. The Bertz CT molecular complexity index is 508. The van der Waals surface area contributed by atoms with E-state index in [1.807, 2.05) is 0 Å². The van der Waals surface area contributed by atoms with Crippen LogP contribution in [-0.4, -0.2) is 17.5 Å². The highest BCUT2D eigenvalue weighted by Crippen LogP contribution is 2.26. The molecule has 20 heavy (non-hydrogen) atoms. The van der Waals surface area contributed by atoms with E-state index in [0.717, 1.165) is 11.0 Å². The van der Waals surface area contributed by atoms with Crippen molar-refractivity contribution in [2.75, 3.05) is 6.54 Å². The summed E-state index contributed by atoms with van der Waals surface area (Å²) in [6.45, 7) is 6.04. The summed E-state index contributed by atoms with van der Waals surface area (Å²) < 4.78 is 1.10. The molecule has 4 heteroatoms. The normalized spacial score (nSPS) is 13.1. The highest BCUT2D eigenvalue weighted by molar-refractivity contribution is 9.10. The van der Waals surface area contributed by atoms with Crippen molar-refractivity contribution in [1.82, 2.24) is 4.90 Å². The molecule has 0 saturated heterocycles. The van der Waals surface area contributed by atoms with Crippen LogP contribution in [0.5, 0.6) is 0 Å². The summed E-state index contributed by atoms with van der Waals surface area (Å²) in [5.41, 5.74) is 7.34. The highest BCUT2D eigenvalue weighted by atomic mass is 79.9. The quantitative estimate of drug-likeness (QED) is 0.833. The van der Waals surface area contributed by atoms with Crippen LogP contribution in [0.1, 0.15) is 30.3 Å². The zero-order chi connectivity index (χ0) is 14.5. The van der Waals surface area contributed by atoms with Gasteiger partial charge in [0.05, 0.1) is 0 Å². The summed E-state index contributed by atoms with van der Waals surface area (Å²) in [5.74, 6) is 0. The second kappa shape index (κ2) is 7.36. The molecule has 0 aliphatic carbocycles. The summed E-state index contributed by atoms with van der Waals surface area (Å²) in [7, 11) is 0. The summed E-state index contributed by atoms with van der Waals surface area (Å²) >= 11 is 5.29. The van der Waals surface area contributed by atoms with Gasteiger partial charge in [0, 0.05) is 34.5 Å². The molecule has 2 aromatic rings. The summed E-state index contributed by atoms with van der Waals surface area (Å²) in [4.78, 5) is 3.85. The molecule has 1 atom stereocenters. The molecule has 2 nitrogen and oxygen atoms in total. The maximum absolute atomic E-state index is 6.06. The summed E-state index contributed by atoms with van der Waals surface area (Å²) in [6, 6.07) is 13.5. The molecule has 0 amide bonds. The van der Waals surface area contributed by atoms with Gasteiger partial charge in [-0.2, -0.15) is 0 Å². The topological polar surface area (TPSA) is 29.3 Å². The third-order valence-corrected chi connectivity index (χ3v) is 4.85. The van der Waals surface area contributed by atoms with Crippen LogP contribution in [0.4, 0.5) is 0 Å². The molecule has 0 fully saturated rings. The lowest BCUT2D eigenvalue weighted by atomic mass is 10.0. The van der Waals surface area contributed by atoms with Crippen LogP contribution in [0, 0.1) is 0 Å². The fourth-order valence-corrected chi connectivity index (χ4v) is 3.36. The predicted molar refractivity (Wildman–Crippen MR) is 90.9 cm³/mol. The average Bonchev–Trinajstić information content (AvgIpc) is 2.93. The Kier molecular flexibility index (Phi) is 5.78. The van der Waals surface area contributed by atoms with E-state index < -0.39 is 0 Å². The summed E-state index contributed by atoms with van der Waals surface area (Å²) in [5, 5.41) is 2.13. The molecule has 1 heterocycles. The zero-order valence-corrected chi connectivity index (χ0v) is 14.3. The van der Waals surface area contributed by atoms with Crippen LogP contribution in [0.15, 0.2) is 46.3 Å². The molecule has 0 bridgehead atoms. The zero-order valence-electron chi connectivity index (χ0n) is 11.9. The monoisotopic (exact) mass is 352 g/mol. The molecule has 0 spiro atoms. The van der Waals surface area contributed by atoms with E-state index >= 15 is 0 Å². The molecule has 0 saturated carbocycles. The van der Waals surface area contributed by atoms with Crippen molar-refractivity contribution >= 4 is 27.3 Å². The van der Waals surface area contributed by atoms with E-state index in [1.54, 1.807) is 11.3 Å². The smallest absolute Gasteiger partial charge is 0.0477 e. The van der Waals surface area contributed by atoms with Gasteiger partial charge in [-0.15, -0.1) is 11.3 Å². The number of rotatable bonds is 6. The number of hydrogen-bond donors (Lipinski definition) is 1. The van der Waals surface area contributed by atoms with Crippen LogP contribution in [0.25, 0.3) is 0 Å². The average molecular weight is 353 g/mol. The fourth-order valence-electron chi connectivity index (χ4n) is 2.38. The molecule has 2 N–H and O–H groups in total. The first-order valence-electron chi connectivity index (χ1n) is 6.85. The minimum absolute atomic E-state index is 0.255. The van der Waals surface area contributed by atoms with Gasteiger partial charge >= 0.3 is 0 Å². The van der Waals surface area contributed by atoms with Crippen molar-refractivity contribution in [3.8, 4) is 0 Å². The molecule has 0 aliphatic heterocycles. The first-order valence-corrected chi connectivity index (χ1v) is 8.52. The van der Waals surface area contributed by atoms with Crippen LogP contribution < -0.4 is 5.73 Å². The number of nitrogens with zero attached hydrogens (tertiary/aromatic N) is 1. The van der Waals surface area contributed by atoms with Crippen LogP contribution >= 0.6 is 27.3 Å². The third-order valence-electron chi connectivity index (χ3n) is 3.46. The molecule has 0 radical (unpaired) electrons. The van der Waals surface area contributed by atoms with Gasteiger partial charge in [0.25, 0.3) is 0 Å². The van der Waals surface area contributed by atoms with Gasteiger partial charge in [-0.3, -0.25) is 4.90 Å². The Morgan fingerprint density at radius 3 is 2.40 bits per heavy atom. The van der Waals surface area contributed by atoms with E-state index in [2.05, 4.69) is 76.5 Å². The molecule has 1 unspecified atom stereocenters. The Labute approximate surface area is 133 Å². The van der Waals surface area contributed by atoms with Gasteiger partial charge < -0.3 is 5.73 Å². The molecule has 108 valence electrons. The van der Waals surface area contributed by atoms with E-state index in [1.165, 1.54) is 10.4 Å². The van der Waals surface area contributed by atoms with Crippen molar-refractivity contribution in [2.24, 2.45) is 5.73 Å². The van der Waals surface area contributed by atoms with Crippen LogP contribution in [-0.2, 0) is 6.54 Å². The SMILES string of the molecule is CC(C)N(Cc1cccs1)C(CN)c1ccc(Br)cc1. The van der Waals surface area contributed by atoms with Gasteiger partial charge in [-0.05, 0) is 43.0 Å². The largest absolute Gasteiger partial charge is 0.329 e. The first-order chi connectivity index (χ1) is 9.61. The number of benzene rings is 1. The molecular weight excluding hydrogens is 332 g/mol. The Morgan fingerprint density at radius 2 is 1.90 bits per heavy atom. The first kappa shape index (κ1) is 15.7. The number of nitrogens with two attached hydrogens (primary N) is 1. The lowest BCUT2D eigenvalue weighted by Crippen LogP contribution is -2.38. The van der Waals surface area contributed by atoms with Gasteiger partial charge in [0.15, 0.2) is 0 Å². The van der Waals surface area contributed by atoms with E-state index in [-0.39, 0.29) is 6.04 Å². The van der Waals surface area contributed by atoms with Crippen molar-refractivity contribution in [3.05, 3.63) is 56.7 Å². The van der Waals surface area contributed by atoms with Gasteiger partial charge in [-0.1, -0.05) is 34.1 Å². The maximum atomic E-state index is 6.06. The molecule has 0 aliphatic rings. The number of hydrogen-bond acceptors (Lipinski definition) is 3. The lowest BCUT2D eigenvalue weighted by molar-refractivity contribution is 0.149. The third kappa shape index (κ3) is 3.92. The second-order valence-electron chi connectivity index (χ2n) is 5.15. The highest BCUT2D eigenvalue weighted by Gasteiger charge is 2.22. The molecule has 2 rings (SSSR count). The standard InChI is InChI=1S/C16H21BrN2S/c1-12(2)19(11-15-4-3-9-20-15)16(10-18)13-5-7-14(17)8-6-13/h3-9,12,16H,10-11,18H2,1-2H3. The van der Waals surface area contributed by atoms with Crippen molar-refractivity contribution < 1.29 is 0 Å². The van der Waals surface area contributed by atoms with Crippen LogP contribution in [0.3, 0.4) is 0 Å². The fraction of sp³-hybridized carbons (Fsp3) is 0.375. The van der Waals surface area contributed by atoms with E-state index in [4.69, 9.17) is 5.73 Å². The molecule has 1 aromatic heterocycles. The maximum Gasteiger partial charge on any atom is 0.0477 e. The van der Waals surface area contributed by atoms with Crippen molar-refractivity contribution in [1.29, 1.82) is 0 Å². The second-order valence-corrected chi connectivity index (χ2v) is 7.10. The number of halogens is 1. The lowest BCUT2D eigenvalue weighted by Gasteiger charge is -2.34. The molecule has 1 aromatic carbocycles. The van der Waals surface area contributed by atoms with Gasteiger partial charge in [0.2, 0.25) is 0 Å². The molecular formula is C16H21BrN2S. The van der Waals surface area contributed by atoms with Crippen LogP contribution in [0.2, 0.25) is 0 Å². The minimum Gasteiger partial charge on any atom is -0.329 e. The van der Waals surface area contributed by atoms with Crippen molar-refractivity contribution in [3.63, 3.8) is 0 Å². The Balaban J connectivity index is 2.23. The predicted octanol–water partition coefficient (Wildman–Crippen LogP) is 4.42. The van der Waals surface area contributed by atoms with Gasteiger partial charge in [0.1, 0.15) is 0 Å². The van der Waals surface area contributed by atoms with Crippen molar-refractivity contribution in [2.45, 2.75) is 32.5 Å². The number of thiophene rings is 1. The Morgan fingerprint density at radius 1 is 1.20 bits per heavy atom. The van der Waals surface area contributed by atoms with E-state index in [9.17, 15) is 0 Å². The van der Waals surface area contributed by atoms with E-state index in [0.29, 0.717) is 12.6 Å². The minimum atomic E-state index is 0.255. The van der Waals surface area contributed by atoms with Gasteiger partial charge in [-0.25, -0.2) is 0 Å². The summed E-state index contributed by atoms with van der Waals surface area (Å²) in [6.07, 6.45) is 0.